The van der Waals surface area contributed by atoms with Crippen LogP contribution < -0.4 is 5.32 Å². The molecule has 1 aromatic rings. The summed E-state index contributed by atoms with van der Waals surface area (Å²) in [4.78, 5) is 40.1. The van der Waals surface area contributed by atoms with Gasteiger partial charge in [0.05, 0.1) is 0 Å². The average Bonchev–Trinajstić information content (AvgIpc) is 3.13. The number of nitrogens with one attached hydrogen (secondary N) is 2. The Morgan fingerprint density at radius 3 is 2.42 bits per heavy atom. The van der Waals surface area contributed by atoms with Crippen LogP contribution in [-0.2, 0) is 25.5 Å². The number of aromatic nitrogens is 1. The zero-order chi connectivity index (χ0) is 23.3. The third kappa shape index (κ3) is 5.96. The van der Waals surface area contributed by atoms with E-state index >= 15 is 0 Å². The molecule has 1 aliphatic rings. The third-order valence-corrected chi connectivity index (χ3v) is 4.98. The molecule has 0 saturated heterocycles. The molecule has 168 valence electrons. The molecule has 0 unspecified atom stereocenters. The van der Waals surface area contributed by atoms with Gasteiger partial charge in [0.25, 0.3) is 5.91 Å². The lowest BCUT2D eigenvalue weighted by atomic mass is 10.0. The van der Waals surface area contributed by atoms with Gasteiger partial charge in [-0.2, -0.15) is 0 Å². The van der Waals surface area contributed by atoms with Gasteiger partial charge in [-0.05, 0) is 70.2 Å². The molecule has 2 N–H and O–H groups in total. The second kappa shape index (κ2) is 9.81. The van der Waals surface area contributed by atoms with Crippen molar-refractivity contribution in [2.45, 2.75) is 66.4 Å². The fraction of sp³-hybridized carbons (Fsp3) is 0.458. The van der Waals surface area contributed by atoms with E-state index in [1.54, 1.807) is 20.8 Å². The van der Waals surface area contributed by atoms with Gasteiger partial charge in [0.2, 0.25) is 0 Å². The molecule has 2 rings (SSSR count). The van der Waals surface area contributed by atoms with Crippen molar-refractivity contribution in [3.63, 3.8) is 0 Å². The van der Waals surface area contributed by atoms with E-state index in [4.69, 9.17) is 9.47 Å². The minimum atomic E-state index is -0.663. The van der Waals surface area contributed by atoms with E-state index in [1.165, 1.54) is 6.08 Å². The van der Waals surface area contributed by atoms with E-state index in [1.807, 2.05) is 26.8 Å². The van der Waals surface area contributed by atoms with Crippen LogP contribution in [0.2, 0.25) is 0 Å². The zero-order valence-corrected chi connectivity index (χ0v) is 19.2. The van der Waals surface area contributed by atoms with Crippen LogP contribution in [0, 0.1) is 6.92 Å². The smallest absolute Gasteiger partial charge is 0.355 e. The summed E-state index contributed by atoms with van der Waals surface area (Å²) in [6.07, 6.45) is 4.40. The summed E-state index contributed by atoms with van der Waals surface area (Å²) in [7, 11) is 0. The Labute approximate surface area is 183 Å². The predicted octanol–water partition coefficient (Wildman–Crippen LogP) is 4.14. The van der Waals surface area contributed by atoms with Crippen LogP contribution in [0.4, 0.5) is 0 Å². The van der Waals surface area contributed by atoms with Crippen molar-refractivity contribution in [2.75, 3.05) is 6.61 Å². The molecule has 1 aliphatic heterocycles. The van der Waals surface area contributed by atoms with Gasteiger partial charge in [0.1, 0.15) is 17.9 Å². The molecule has 7 nitrogen and oxygen atoms in total. The summed E-state index contributed by atoms with van der Waals surface area (Å²) in [6, 6.07) is 0. The van der Waals surface area contributed by atoms with Gasteiger partial charge < -0.3 is 19.8 Å². The first-order valence-electron chi connectivity index (χ1n) is 10.4. The molecule has 0 radical (unpaired) electrons. The van der Waals surface area contributed by atoms with Crippen LogP contribution in [0.15, 0.2) is 29.5 Å². The Balaban J connectivity index is 2.42. The Hall–Kier alpha value is -3.09. The SMILES string of the molecule is C=CCOC(=O)CCc1c(C(=O)OC(C)(C)C)[nH]c(/C=C2\NC(=O)C(CC)=C2C)c1C. The van der Waals surface area contributed by atoms with E-state index in [0.717, 1.165) is 16.7 Å². The van der Waals surface area contributed by atoms with E-state index in [0.29, 0.717) is 35.5 Å². The van der Waals surface area contributed by atoms with Crippen molar-refractivity contribution in [3.8, 4) is 0 Å². The molecule has 7 heteroatoms. The third-order valence-electron chi connectivity index (χ3n) is 4.98. The Bertz CT molecular complexity index is 957. The van der Waals surface area contributed by atoms with Gasteiger partial charge in [-0.1, -0.05) is 19.6 Å². The second-order valence-electron chi connectivity index (χ2n) is 8.46. The van der Waals surface area contributed by atoms with E-state index in [-0.39, 0.29) is 24.9 Å². The largest absolute Gasteiger partial charge is 0.461 e. The van der Waals surface area contributed by atoms with Crippen molar-refractivity contribution < 1.29 is 23.9 Å². The predicted molar refractivity (Wildman–Crippen MR) is 119 cm³/mol. The molecule has 0 saturated carbocycles. The lowest BCUT2D eigenvalue weighted by Crippen LogP contribution is -2.24. The lowest BCUT2D eigenvalue weighted by Gasteiger charge is -2.19. The molecule has 0 fully saturated rings. The Morgan fingerprint density at radius 1 is 1.19 bits per heavy atom. The maximum atomic E-state index is 12.8. The number of carbonyl (C=O) groups excluding carboxylic acids is 3. The molecule has 31 heavy (non-hydrogen) atoms. The number of amides is 1. The topological polar surface area (TPSA) is 97.5 Å². The number of allylic oxidation sites excluding steroid dienone is 1. The van der Waals surface area contributed by atoms with Gasteiger partial charge in [0, 0.05) is 23.4 Å². The number of ether oxygens (including phenoxy) is 2. The fourth-order valence-electron chi connectivity index (χ4n) is 3.40. The standard InChI is InChI=1S/C24H32N2O5/c1-8-12-30-20(27)11-10-17-15(4)18(25-21(17)23(29)31-24(5,6)7)13-19-14(3)16(9-2)22(28)26-19/h8,13,25H,1,9-12H2,2-7H3,(H,26,28)/b19-13-. The van der Waals surface area contributed by atoms with Crippen LogP contribution >= 0.6 is 0 Å². The molecule has 0 bridgehead atoms. The highest BCUT2D eigenvalue weighted by atomic mass is 16.6. The summed E-state index contributed by atoms with van der Waals surface area (Å²) in [5.41, 5.74) is 4.15. The van der Waals surface area contributed by atoms with Gasteiger partial charge in [-0.15, -0.1) is 0 Å². The van der Waals surface area contributed by atoms with Gasteiger partial charge >= 0.3 is 11.9 Å². The number of esters is 2. The maximum absolute atomic E-state index is 12.8. The Kier molecular flexibility index (Phi) is 7.65. The first-order valence-corrected chi connectivity index (χ1v) is 10.4. The molecule has 0 aromatic carbocycles. The summed E-state index contributed by atoms with van der Waals surface area (Å²) >= 11 is 0. The number of aromatic amines is 1. The molecule has 1 aromatic heterocycles. The number of rotatable bonds is 8. The molecular formula is C24H32N2O5. The number of carbonyl (C=O) groups is 3. The van der Waals surface area contributed by atoms with Gasteiger partial charge in [-0.25, -0.2) is 4.79 Å². The van der Waals surface area contributed by atoms with E-state index in [9.17, 15) is 14.4 Å². The first-order chi connectivity index (χ1) is 14.5. The molecule has 0 atom stereocenters. The highest BCUT2D eigenvalue weighted by Gasteiger charge is 2.27. The van der Waals surface area contributed by atoms with Crippen molar-refractivity contribution in [3.05, 3.63) is 52.0 Å². The Morgan fingerprint density at radius 2 is 1.87 bits per heavy atom. The van der Waals surface area contributed by atoms with Crippen LogP contribution in [0.5, 0.6) is 0 Å². The van der Waals surface area contributed by atoms with Crippen molar-refractivity contribution in [2.24, 2.45) is 0 Å². The molecule has 0 spiro atoms. The quantitative estimate of drug-likeness (QED) is 0.479. The first kappa shape index (κ1) is 24.2. The van der Waals surface area contributed by atoms with Gasteiger partial charge in [-0.3, -0.25) is 9.59 Å². The molecule has 1 amide bonds. The second-order valence-corrected chi connectivity index (χ2v) is 8.46. The van der Waals surface area contributed by atoms with Crippen LogP contribution in [-0.4, -0.2) is 35.0 Å². The molecular weight excluding hydrogens is 396 g/mol. The number of H-pyrrole nitrogens is 1. The lowest BCUT2D eigenvalue weighted by molar-refractivity contribution is -0.142. The summed E-state index contributed by atoms with van der Waals surface area (Å²) < 4.78 is 10.6. The van der Waals surface area contributed by atoms with Crippen molar-refractivity contribution in [1.82, 2.24) is 10.3 Å². The van der Waals surface area contributed by atoms with Crippen molar-refractivity contribution in [1.29, 1.82) is 0 Å². The van der Waals surface area contributed by atoms with Crippen LogP contribution in [0.1, 0.15) is 74.8 Å². The minimum Gasteiger partial charge on any atom is -0.461 e. The highest BCUT2D eigenvalue weighted by Crippen LogP contribution is 2.28. The van der Waals surface area contributed by atoms with Crippen LogP contribution in [0.3, 0.4) is 0 Å². The summed E-state index contributed by atoms with van der Waals surface area (Å²) in [6.45, 7) is 14.8. The van der Waals surface area contributed by atoms with Crippen LogP contribution in [0.25, 0.3) is 6.08 Å². The van der Waals surface area contributed by atoms with Gasteiger partial charge in [0.15, 0.2) is 0 Å². The summed E-state index contributed by atoms with van der Waals surface area (Å²) in [5.74, 6) is -0.968. The minimum absolute atomic E-state index is 0.104. The molecule has 0 aliphatic carbocycles. The summed E-state index contributed by atoms with van der Waals surface area (Å²) in [5, 5.41) is 2.88. The number of hydrogen-bond donors (Lipinski definition) is 2. The molecule has 2 heterocycles. The van der Waals surface area contributed by atoms with E-state index < -0.39 is 11.6 Å². The average molecular weight is 429 g/mol. The highest BCUT2D eigenvalue weighted by molar-refractivity contribution is 6.01. The van der Waals surface area contributed by atoms with Crippen molar-refractivity contribution >= 4 is 23.9 Å². The maximum Gasteiger partial charge on any atom is 0.355 e. The fourth-order valence-corrected chi connectivity index (χ4v) is 3.40. The zero-order valence-electron chi connectivity index (χ0n) is 19.2. The monoisotopic (exact) mass is 428 g/mol. The normalized spacial score (nSPS) is 15.3. The van der Waals surface area contributed by atoms with E-state index in [2.05, 4.69) is 16.9 Å². The number of hydrogen-bond acceptors (Lipinski definition) is 5.